The molecule has 2 aromatic carbocycles. The largest absolute Gasteiger partial charge is 0.325 e. The van der Waals surface area contributed by atoms with Crippen LogP contribution in [-0.2, 0) is 11.3 Å². The summed E-state index contributed by atoms with van der Waals surface area (Å²) in [4.78, 5) is 32.1. The van der Waals surface area contributed by atoms with Crippen LogP contribution in [0.2, 0.25) is 5.02 Å². The quantitative estimate of drug-likeness (QED) is 0.577. The van der Waals surface area contributed by atoms with E-state index in [4.69, 9.17) is 11.6 Å². The average molecular weight is 429 g/mol. The number of rotatable bonds is 4. The van der Waals surface area contributed by atoms with Gasteiger partial charge in [-0.15, -0.1) is 0 Å². The van der Waals surface area contributed by atoms with Gasteiger partial charge in [-0.25, -0.2) is 19.6 Å². The molecule has 2 atom stereocenters. The second-order valence-corrected chi connectivity index (χ2v) is 7.24. The maximum atomic E-state index is 14.0. The molecule has 4 rings (SSSR count). The number of carbonyl (C=O) groups excluding carboxylic acids is 2. The SMILES string of the molecule is CN1C(=O)NC(=O)C2C1N=C(N/N=C/c1c(F)cccc1Cl)N2Cc1ccccc1. The van der Waals surface area contributed by atoms with Crippen molar-refractivity contribution >= 4 is 35.7 Å². The van der Waals surface area contributed by atoms with E-state index < -0.39 is 30.0 Å². The van der Waals surface area contributed by atoms with Crippen LogP contribution in [0.1, 0.15) is 11.1 Å². The summed E-state index contributed by atoms with van der Waals surface area (Å²) in [5.41, 5.74) is 3.84. The molecule has 10 heteroatoms. The lowest BCUT2D eigenvalue weighted by molar-refractivity contribution is -0.127. The monoisotopic (exact) mass is 428 g/mol. The molecule has 1 saturated heterocycles. The summed E-state index contributed by atoms with van der Waals surface area (Å²) < 4.78 is 14.0. The molecule has 0 saturated carbocycles. The Bertz CT molecular complexity index is 1020. The number of benzene rings is 2. The summed E-state index contributed by atoms with van der Waals surface area (Å²) in [6.45, 7) is 0.360. The molecular formula is C20H18ClFN6O2. The van der Waals surface area contributed by atoms with Crippen molar-refractivity contribution in [3.63, 3.8) is 0 Å². The Balaban J connectivity index is 1.62. The van der Waals surface area contributed by atoms with E-state index in [1.165, 1.54) is 23.2 Å². The molecule has 2 unspecified atom stereocenters. The molecule has 8 nitrogen and oxygen atoms in total. The van der Waals surface area contributed by atoms with E-state index in [-0.39, 0.29) is 16.5 Å². The van der Waals surface area contributed by atoms with Gasteiger partial charge in [-0.2, -0.15) is 5.10 Å². The number of likely N-dealkylation sites (N-methyl/N-ethyl adjacent to an activating group) is 1. The van der Waals surface area contributed by atoms with Crippen LogP contribution in [0.3, 0.4) is 0 Å². The van der Waals surface area contributed by atoms with E-state index in [9.17, 15) is 14.0 Å². The summed E-state index contributed by atoms with van der Waals surface area (Å²) >= 11 is 6.02. The zero-order valence-corrected chi connectivity index (χ0v) is 16.7. The fourth-order valence-electron chi connectivity index (χ4n) is 3.36. The molecule has 2 aliphatic rings. The molecule has 2 aliphatic heterocycles. The van der Waals surface area contributed by atoms with Gasteiger partial charge in [0.1, 0.15) is 5.82 Å². The van der Waals surface area contributed by atoms with Gasteiger partial charge >= 0.3 is 6.03 Å². The van der Waals surface area contributed by atoms with E-state index in [2.05, 4.69) is 20.8 Å². The number of imide groups is 1. The first kappa shape index (κ1) is 19.8. The summed E-state index contributed by atoms with van der Waals surface area (Å²) in [5, 5.41) is 6.61. The highest BCUT2D eigenvalue weighted by Gasteiger charge is 2.48. The van der Waals surface area contributed by atoms with Crippen LogP contribution in [-0.4, -0.2) is 53.2 Å². The normalized spacial score (nSPS) is 21.0. The van der Waals surface area contributed by atoms with Gasteiger partial charge in [0.05, 0.1) is 11.2 Å². The average Bonchev–Trinajstić information content (AvgIpc) is 3.08. The number of nitrogens with zero attached hydrogens (tertiary/aromatic N) is 4. The number of fused-ring (bicyclic) bond motifs is 1. The van der Waals surface area contributed by atoms with E-state index in [1.54, 1.807) is 18.0 Å². The van der Waals surface area contributed by atoms with Crippen molar-refractivity contribution in [3.8, 4) is 0 Å². The molecule has 154 valence electrons. The Morgan fingerprint density at radius 2 is 2.00 bits per heavy atom. The molecule has 2 heterocycles. The second kappa shape index (κ2) is 8.11. The predicted molar refractivity (Wildman–Crippen MR) is 110 cm³/mol. The van der Waals surface area contributed by atoms with Gasteiger partial charge in [0.15, 0.2) is 12.2 Å². The number of guanidine groups is 1. The van der Waals surface area contributed by atoms with Crippen molar-refractivity contribution in [3.05, 3.63) is 70.5 Å². The number of hydrogen-bond donors (Lipinski definition) is 2. The van der Waals surface area contributed by atoms with Gasteiger partial charge in [0, 0.05) is 19.2 Å². The Morgan fingerprint density at radius 1 is 1.23 bits per heavy atom. The molecule has 0 aliphatic carbocycles. The number of carbonyl (C=O) groups is 2. The lowest BCUT2D eigenvalue weighted by Crippen LogP contribution is -2.63. The van der Waals surface area contributed by atoms with Crippen LogP contribution in [0, 0.1) is 5.82 Å². The van der Waals surface area contributed by atoms with Crippen LogP contribution in [0.25, 0.3) is 0 Å². The molecule has 0 aromatic heterocycles. The number of amides is 3. The highest BCUT2D eigenvalue weighted by Crippen LogP contribution is 2.25. The minimum absolute atomic E-state index is 0.127. The molecule has 30 heavy (non-hydrogen) atoms. The van der Waals surface area contributed by atoms with Crippen molar-refractivity contribution in [1.29, 1.82) is 0 Å². The Morgan fingerprint density at radius 3 is 2.73 bits per heavy atom. The minimum atomic E-state index is -0.720. The van der Waals surface area contributed by atoms with Crippen LogP contribution >= 0.6 is 11.6 Å². The topological polar surface area (TPSA) is 89.4 Å². The van der Waals surface area contributed by atoms with Crippen LogP contribution in [0.5, 0.6) is 0 Å². The summed E-state index contributed by atoms with van der Waals surface area (Å²) in [5.74, 6) is -0.670. The fraction of sp³-hybridized carbons (Fsp3) is 0.200. The third-order valence-electron chi connectivity index (χ3n) is 4.91. The molecule has 0 spiro atoms. The number of nitrogens with one attached hydrogen (secondary N) is 2. The maximum absolute atomic E-state index is 14.0. The van der Waals surface area contributed by atoms with Gasteiger partial charge in [0.25, 0.3) is 5.91 Å². The maximum Gasteiger partial charge on any atom is 0.325 e. The van der Waals surface area contributed by atoms with E-state index in [0.29, 0.717) is 6.54 Å². The Labute approximate surface area is 177 Å². The van der Waals surface area contributed by atoms with Gasteiger partial charge < -0.3 is 9.80 Å². The molecule has 2 N–H and O–H groups in total. The zero-order chi connectivity index (χ0) is 21.3. The van der Waals surface area contributed by atoms with Crippen LogP contribution in [0.15, 0.2) is 58.6 Å². The summed E-state index contributed by atoms with van der Waals surface area (Å²) in [7, 11) is 1.56. The number of hydrazone groups is 1. The van der Waals surface area contributed by atoms with Crippen molar-refractivity contribution < 1.29 is 14.0 Å². The van der Waals surface area contributed by atoms with E-state index in [0.717, 1.165) is 5.56 Å². The third kappa shape index (κ3) is 3.71. The summed E-state index contributed by atoms with van der Waals surface area (Å²) in [6, 6.07) is 12.6. The fourth-order valence-corrected chi connectivity index (χ4v) is 3.57. The first-order valence-electron chi connectivity index (χ1n) is 9.15. The Hall–Kier alpha value is -3.46. The van der Waals surface area contributed by atoms with Crippen molar-refractivity contribution in [2.24, 2.45) is 10.1 Å². The highest BCUT2D eigenvalue weighted by molar-refractivity contribution is 6.33. The molecular weight excluding hydrogens is 411 g/mol. The third-order valence-corrected chi connectivity index (χ3v) is 5.24. The van der Waals surface area contributed by atoms with Gasteiger partial charge in [-0.1, -0.05) is 48.0 Å². The summed E-state index contributed by atoms with van der Waals surface area (Å²) in [6.07, 6.45) is 0.544. The molecule has 0 radical (unpaired) electrons. The smallest absolute Gasteiger partial charge is 0.321 e. The van der Waals surface area contributed by atoms with Crippen molar-refractivity contribution in [1.82, 2.24) is 20.5 Å². The standard InChI is InChI=1S/C20H18ClFN6O2/c1-27-17-16(18(29)25-20(27)30)28(11-12-6-3-2-4-7-12)19(24-17)26-23-10-13-14(21)8-5-9-15(13)22/h2-10,16-17H,11H2,1H3,(H,24,26)(H,25,29,30)/b23-10+. The number of halogens is 2. The highest BCUT2D eigenvalue weighted by atomic mass is 35.5. The molecule has 1 fully saturated rings. The van der Waals surface area contributed by atoms with Crippen LogP contribution < -0.4 is 10.7 Å². The molecule has 0 bridgehead atoms. The van der Waals surface area contributed by atoms with Gasteiger partial charge in [0.2, 0.25) is 5.96 Å². The van der Waals surface area contributed by atoms with Gasteiger partial charge in [-0.3, -0.25) is 10.1 Å². The Kier molecular flexibility index (Phi) is 5.37. The first-order chi connectivity index (χ1) is 14.5. The first-order valence-corrected chi connectivity index (χ1v) is 9.52. The zero-order valence-electron chi connectivity index (χ0n) is 15.9. The van der Waals surface area contributed by atoms with Crippen molar-refractivity contribution in [2.75, 3.05) is 7.05 Å². The second-order valence-electron chi connectivity index (χ2n) is 6.84. The number of urea groups is 1. The van der Waals surface area contributed by atoms with Gasteiger partial charge in [-0.05, 0) is 17.7 Å². The van der Waals surface area contributed by atoms with E-state index >= 15 is 0 Å². The molecule has 2 aromatic rings. The predicted octanol–water partition coefficient (Wildman–Crippen LogP) is 2.15. The lowest BCUT2D eigenvalue weighted by atomic mass is 10.1. The van der Waals surface area contributed by atoms with Crippen molar-refractivity contribution in [2.45, 2.75) is 18.8 Å². The number of hydrogen-bond acceptors (Lipinski definition) is 6. The minimum Gasteiger partial charge on any atom is -0.321 e. The van der Waals surface area contributed by atoms with E-state index in [1.807, 2.05) is 30.3 Å². The molecule has 3 amide bonds. The number of aliphatic imine (C=N–C) groups is 1. The van der Waals surface area contributed by atoms with Crippen LogP contribution in [0.4, 0.5) is 9.18 Å². The lowest BCUT2D eigenvalue weighted by Gasteiger charge is -2.36.